The third kappa shape index (κ3) is 7.07. The molecule has 0 spiro atoms. The van der Waals surface area contributed by atoms with Gasteiger partial charge < -0.3 is 9.64 Å². The van der Waals surface area contributed by atoms with E-state index in [1.807, 2.05) is 36.4 Å². The van der Waals surface area contributed by atoms with E-state index in [2.05, 4.69) is 16.7 Å². The summed E-state index contributed by atoms with van der Waals surface area (Å²) in [5.41, 5.74) is 1.33. The van der Waals surface area contributed by atoms with Crippen LogP contribution >= 0.6 is 23.2 Å². The molecule has 1 aliphatic rings. The fraction of sp³-hybridized carbons (Fsp3) is 0.448. The average Bonchev–Trinajstić information content (AvgIpc) is 2.90. The zero-order valence-electron chi connectivity index (χ0n) is 21.4. The Labute approximate surface area is 228 Å². The van der Waals surface area contributed by atoms with Crippen LogP contribution in [0.2, 0.25) is 10.0 Å². The number of nitrogens with zero attached hydrogens (tertiary/aromatic N) is 3. The Balaban J connectivity index is 1.25. The molecule has 2 aromatic carbocycles. The molecule has 0 bridgehead atoms. The largest absolute Gasteiger partial charge is 0.494 e. The summed E-state index contributed by atoms with van der Waals surface area (Å²) in [7, 11) is 0. The van der Waals surface area contributed by atoms with Gasteiger partial charge in [-0.25, -0.2) is 4.57 Å². The Morgan fingerprint density at radius 3 is 2.51 bits per heavy atom. The van der Waals surface area contributed by atoms with Crippen molar-refractivity contribution in [2.24, 2.45) is 0 Å². The van der Waals surface area contributed by atoms with Gasteiger partial charge in [0.2, 0.25) is 5.91 Å². The standard InChI is InChI=1S/C29H35Cl2N3O3/c1-2-3-4-10-27(35)34-26-21-23(13-11-22(26)12-14-28(34)36)37-20-6-5-15-32-16-18-33(19-17-32)25-9-7-8-24(30)29(25)31/h7-9,11-14,21H,2-6,10,15-20H2,1H3. The van der Waals surface area contributed by atoms with Crippen molar-refractivity contribution in [1.29, 1.82) is 0 Å². The molecule has 1 aromatic heterocycles. The minimum Gasteiger partial charge on any atom is -0.494 e. The number of fused-ring (bicyclic) bond motifs is 1. The van der Waals surface area contributed by atoms with Gasteiger partial charge in [0.25, 0.3) is 5.56 Å². The number of carbonyl (C=O) groups excluding carboxylic acids is 1. The molecule has 1 fully saturated rings. The van der Waals surface area contributed by atoms with Gasteiger partial charge in [-0.3, -0.25) is 14.5 Å². The van der Waals surface area contributed by atoms with Gasteiger partial charge in [0, 0.05) is 44.7 Å². The van der Waals surface area contributed by atoms with E-state index in [4.69, 9.17) is 27.9 Å². The van der Waals surface area contributed by atoms with Gasteiger partial charge >= 0.3 is 0 Å². The summed E-state index contributed by atoms with van der Waals surface area (Å²) >= 11 is 12.6. The van der Waals surface area contributed by atoms with Crippen LogP contribution in [0.15, 0.2) is 53.3 Å². The third-order valence-electron chi connectivity index (χ3n) is 6.89. The quantitative estimate of drug-likeness (QED) is 0.258. The topological polar surface area (TPSA) is 54.8 Å². The minimum atomic E-state index is -0.288. The number of anilines is 1. The predicted molar refractivity (Wildman–Crippen MR) is 153 cm³/mol. The number of carbonyl (C=O) groups is 1. The summed E-state index contributed by atoms with van der Waals surface area (Å²) in [6.45, 7) is 7.52. The third-order valence-corrected chi connectivity index (χ3v) is 7.70. The number of pyridine rings is 1. The van der Waals surface area contributed by atoms with E-state index in [1.54, 1.807) is 6.07 Å². The van der Waals surface area contributed by atoms with Crippen molar-refractivity contribution in [3.63, 3.8) is 0 Å². The van der Waals surface area contributed by atoms with Gasteiger partial charge in [-0.2, -0.15) is 0 Å². The number of benzene rings is 2. The molecule has 0 N–H and O–H groups in total. The number of piperazine rings is 1. The molecule has 1 saturated heterocycles. The second kappa shape index (κ2) is 13.3. The molecule has 0 aliphatic carbocycles. The Kier molecular flexibility index (Phi) is 9.89. The lowest BCUT2D eigenvalue weighted by molar-refractivity contribution is 0.0900. The average molecular weight is 545 g/mol. The van der Waals surface area contributed by atoms with Crippen LogP contribution in [0.1, 0.15) is 50.2 Å². The van der Waals surface area contributed by atoms with Crippen LogP contribution in [0.3, 0.4) is 0 Å². The summed E-state index contributed by atoms with van der Waals surface area (Å²) in [6.07, 6.45) is 5.13. The van der Waals surface area contributed by atoms with Crippen molar-refractivity contribution in [2.75, 3.05) is 44.2 Å². The summed E-state index contributed by atoms with van der Waals surface area (Å²) < 4.78 is 7.30. The van der Waals surface area contributed by atoms with Crippen molar-refractivity contribution >= 4 is 45.7 Å². The molecule has 37 heavy (non-hydrogen) atoms. The molecular formula is C29H35Cl2N3O3. The number of aromatic nitrogens is 1. The molecular weight excluding hydrogens is 509 g/mol. The van der Waals surface area contributed by atoms with Crippen molar-refractivity contribution in [1.82, 2.24) is 9.47 Å². The normalized spacial score (nSPS) is 14.3. The molecule has 0 radical (unpaired) electrons. The van der Waals surface area contributed by atoms with E-state index in [9.17, 15) is 9.59 Å². The Morgan fingerprint density at radius 2 is 1.73 bits per heavy atom. The number of unbranched alkanes of at least 4 members (excludes halogenated alkanes) is 3. The van der Waals surface area contributed by atoms with Crippen LogP contribution in [-0.4, -0.2) is 54.7 Å². The van der Waals surface area contributed by atoms with Gasteiger partial charge in [0.1, 0.15) is 5.75 Å². The number of ether oxygens (including phenoxy) is 1. The molecule has 1 aliphatic heterocycles. The molecule has 8 heteroatoms. The molecule has 2 heterocycles. The Morgan fingerprint density at radius 1 is 0.946 bits per heavy atom. The molecule has 0 unspecified atom stereocenters. The van der Waals surface area contributed by atoms with Crippen molar-refractivity contribution < 1.29 is 9.53 Å². The fourth-order valence-electron chi connectivity index (χ4n) is 4.77. The number of halogens is 2. The lowest BCUT2D eigenvalue weighted by Gasteiger charge is -2.36. The maximum atomic E-state index is 12.7. The van der Waals surface area contributed by atoms with Crippen molar-refractivity contribution in [3.8, 4) is 5.75 Å². The molecule has 3 aromatic rings. The summed E-state index contributed by atoms with van der Waals surface area (Å²) in [5, 5.41) is 2.07. The minimum absolute atomic E-state index is 0.154. The Hall–Kier alpha value is -2.54. The first-order valence-corrected chi connectivity index (χ1v) is 14.0. The monoisotopic (exact) mass is 543 g/mol. The van der Waals surface area contributed by atoms with Gasteiger partial charge in [-0.1, -0.05) is 49.0 Å². The lowest BCUT2D eigenvalue weighted by atomic mass is 10.1. The smallest absolute Gasteiger partial charge is 0.257 e. The van der Waals surface area contributed by atoms with E-state index in [1.165, 1.54) is 10.6 Å². The summed E-state index contributed by atoms with van der Waals surface area (Å²) in [5.74, 6) is 0.527. The van der Waals surface area contributed by atoms with Gasteiger partial charge in [-0.05, 0) is 61.5 Å². The van der Waals surface area contributed by atoms with Crippen LogP contribution in [0.4, 0.5) is 5.69 Å². The molecule has 198 valence electrons. The first-order valence-electron chi connectivity index (χ1n) is 13.2. The molecule has 0 amide bonds. The zero-order chi connectivity index (χ0) is 26.2. The highest BCUT2D eigenvalue weighted by Gasteiger charge is 2.19. The first kappa shape index (κ1) is 27.5. The number of hydrogen-bond donors (Lipinski definition) is 0. The molecule has 0 saturated carbocycles. The van der Waals surface area contributed by atoms with E-state index in [0.29, 0.717) is 34.3 Å². The van der Waals surface area contributed by atoms with Crippen molar-refractivity contribution in [3.05, 3.63) is 68.9 Å². The van der Waals surface area contributed by atoms with Gasteiger partial charge in [0.05, 0.1) is 27.9 Å². The number of hydrogen-bond acceptors (Lipinski definition) is 5. The molecule has 6 nitrogen and oxygen atoms in total. The highest BCUT2D eigenvalue weighted by atomic mass is 35.5. The Bertz CT molecular complexity index is 1270. The lowest BCUT2D eigenvalue weighted by Crippen LogP contribution is -2.46. The van der Waals surface area contributed by atoms with Gasteiger partial charge in [-0.15, -0.1) is 0 Å². The van der Waals surface area contributed by atoms with Crippen LogP contribution in [0.5, 0.6) is 5.75 Å². The zero-order valence-corrected chi connectivity index (χ0v) is 22.9. The van der Waals surface area contributed by atoms with Crippen LogP contribution < -0.4 is 15.2 Å². The summed E-state index contributed by atoms with van der Waals surface area (Å²) in [4.78, 5) is 30.0. The van der Waals surface area contributed by atoms with Crippen LogP contribution in [0.25, 0.3) is 10.9 Å². The highest BCUT2D eigenvalue weighted by molar-refractivity contribution is 6.43. The molecule has 4 rings (SSSR count). The van der Waals surface area contributed by atoms with Gasteiger partial charge in [0.15, 0.2) is 0 Å². The van der Waals surface area contributed by atoms with E-state index >= 15 is 0 Å². The highest BCUT2D eigenvalue weighted by Crippen LogP contribution is 2.32. The number of rotatable bonds is 11. The second-order valence-corrected chi connectivity index (χ2v) is 10.3. The predicted octanol–water partition coefficient (Wildman–Crippen LogP) is 6.51. The van der Waals surface area contributed by atoms with E-state index in [-0.39, 0.29) is 11.5 Å². The summed E-state index contributed by atoms with van der Waals surface area (Å²) in [6, 6.07) is 14.6. The SMILES string of the molecule is CCCCCC(=O)n1c(=O)ccc2ccc(OCCCCN3CCN(c4cccc(Cl)c4Cl)CC3)cc21. The van der Waals surface area contributed by atoms with Crippen molar-refractivity contribution in [2.45, 2.75) is 45.4 Å². The molecule has 0 atom stereocenters. The van der Waals surface area contributed by atoms with E-state index < -0.39 is 0 Å². The maximum Gasteiger partial charge on any atom is 0.257 e. The fourth-order valence-corrected chi connectivity index (χ4v) is 5.19. The maximum absolute atomic E-state index is 12.7. The van der Waals surface area contributed by atoms with Crippen LogP contribution in [-0.2, 0) is 0 Å². The first-order chi connectivity index (χ1) is 18.0. The second-order valence-electron chi connectivity index (χ2n) is 9.54. The van der Waals surface area contributed by atoms with Crippen LogP contribution in [0, 0.1) is 0 Å². The van der Waals surface area contributed by atoms with E-state index in [0.717, 1.165) is 75.9 Å².